The summed E-state index contributed by atoms with van der Waals surface area (Å²) >= 11 is 16.5. The minimum Gasteiger partial charge on any atom is -0.189 e. The van der Waals surface area contributed by atoms with Gasteiger partial charge in [0.1, 0.15) is 12.7 Å². The first-order valence-electron chi connectivity index (χ1n) is 40.7. The Morgan fingerprint density at radius 2 is 0.723 bits per heavy atom. The van der Waals surface area contributed by atoms with Crippen molar-refractivity contribution < 1.29 is 0 Å². The van der Waals surface area contributed by atoms with Crippen LogP contribution in [0.1, 0.15) is 197 Å². The van der Waals surface area contributed by atoms with E-state index in [9.17, 15) is 0 Å². The zero-order chi connectivity index (χ0) is 83.5. The van der Waals surface area contributed by atoms with Gasteiger partial charge in [-0.15, -0.1) is 0 Å². The summed E-state index contributed by atoms with van der Waals surface area (Å²) in [4.78, 5) is 18.7. The zero-order valence-corrected chi connectivity index (χ0v) is 83.0. The molecule has 8 aromatic carbocycles. The van der Waals surface area contributed by atoms with Gasteiger partial charge in [-0.3, -0.25) is 4.98 Å². The van der Waals surface area contributed by atoms with Crippen molar-refractivity contribution in [1.29, 1.82) is 0 Å². The molecule has 616 valence electrons. The number of unbranched alkanes of at least 4 members (excludes halogenated alkanes) is 12. The maximum atomic E-state index is 4.42. The van der Waals surface area contributed by atoms with Gasteiger partial charge >= 0.3 is 128 Å². The average molecular weight is 1880 g/mol. The number of pyridine rings is 1. The first-order valence-corrected chi connectivity index (χ1v) is 55.7. The fourth-order valence-electron chi connectivity index (χ4n) is 13.1. The van der Waals surface area contributed by atoms with Gasteiger partial charge in [-0.2, -0.15) is 8.46 Å². The summed E-state index contributed by atoms with van der Waals surface area (Å²) in [7, 11) is 3.83. The molecule has 0 unspecified atom stereocenters. The van der Waals surface area contributed by atoms with Crippen molar-refractivity contribution in [3.63, 3.8) is 0 Å². The normalized spacial score (nSPS) is 11.2. The Bertz CT molecular complexity index is 4160. The maximum absolute atomic E-state index is 4.42. The molecule has 0 saturated carbocycles. The first-order chi connectivity index (χ1) is 53.4. The molecule has 0 aliphatic heterocycles. The van der Waals surface area contributed by atoms with Gasteiger partial charge < -0.3 is 4.90 Å². The average Bonchev–Trinajstić information content (AvgIpc) is 0.807. The van der Waals surface area contributed by atoms with Crippen LogP contribution in [-0.4, -0.2) is 107 Å². The van der Waals surface area contributed by atoms with E-state index < -0.39 is 13.8 Å². The maximum Gasteiger partial charge on any atom is -0.0141 e. The van der Waals surface area contributed by atoms with Crippen LogP contribution in [0.2, 0.25) is 0 Å². The van der Waals surface area contributed by atoms with E-state index in [0.717, 1.165) is 16.9 Å². The van der Waals surface area contributed by atoms with Crippen molar-refractivity contribution in [2.75, 3.05) is 82.6 Å². The molecular formula is C100H145Br5N5PS. The van der Waals surface area contributed by atoms with E-state index in [0.29, 0.717) is 0 Å². The molecule has 0 N–H and O–H groups in total. The zero-order valence-electron chi connectivity index (χ0n) is 73.3. The monoisotopic (exact) mass is 1870 g/mol. The van der Waals surface area contributed by atoms with Crippen molar-refractivity contribution in [3.8, 4) is 22.5 Å². The summed E-state index contributed by atoms with van der Waals surface area (Å²) < 4.78 is 0. The molecule has 112 heavy (non-hydrogen) atoms. The van der Waals surface area contributed by atoms with Gasteiger partial charge in [0.2, 0.25) is 0 Å². The summed E-state index contributed by atoms with van der Waals surface area (Å²) in [5.74, 6) is 7.53. The number of fused-ring (bicyclic) bond motifs is 1. The van der Waals surface area contributed by atoms with Gasteiger partial charge in [-0.1, -0.05) is 248 Å². The van der Waals surface area contributed by atoms with Crippen LogP contribution in [-0.2, 0) is 32.1 Å². The van der Waals surface area contributed by atoms with Crippen LogP contribution in [0.3, 0.4) is 0 Å². The van der Waals surface area contributed by atoms with Crippen molar-refractivity contribution in [3.05, 3.63) is 283 Å². The Kier molecular flexibility index (Phi) is 53.8. The van der Waals surface area contributed by atoms with Crippen LogP contribution < -0.4 is 0 Å². The Balaban J connectivity index is 0.000000451. The number of alkyl halides is 3. The summed E-state index contributed by atoms with van der Waals surface area (Å²) in [6, 6.07) is 61.4. The fourth-order valence-corrected chi connectivity index (χ4v) is 16.7. The number of hydrogen-bond acceptors (Lipinski definition) is 5. The van der Waals surface area contributed by atoms with Crippen LogP contribution in [0.5, 0.6) is 0 Å². The van der Waals surface area contributed by atoms with E-state index >= 15 is 0 Å². The van der Waals surface area contributed by atoms with Crippen LogP contribution in [0.4, 0.5) is 0 Å². The number of aromatic nitrogens is 4. The molecule has 0 bridgehead atoms. The SMILES string of the molecule is CBr.CBr.CBr.Cc1ccc(C)c(-c2ccc3cccnc3c2)c1.Cc1ccc(C)c(-c2ncncn2)c1.Cc1ccc(C)c(CCCCCCN(C)C)c1.Cc1ccc(C)c(CCCCCCP(C)(C)(C)Br)c1.Cc1ccc(C)c(CCCCCCS(C)(C)Br)c1.Cc1ccc(C)c(CCCCCCc2ccccc2)c1. The molecule has 0 amide bonds. The van der Waals surface area contributed by atoms with Crippen LogP contribution >= 0.6 is 91.9 Å². The summed E-state index contributed by atoms with van der Waals surface area (Å²) in [6.07, 6.45) is 38.8. The van der Waals surface area contributed by atoms with Gasteiger partial charge in [0.15, 0.2) is 5.82 Å². The topological polar surface area (TPSA) is 54.8 Å². The molecule has 0 spiro atoms. The number of rotatable bonds is 30. The minimum absolute atomic E-state index is 0.463. The second kappa shape index (κ2) is 58.2. The van der Waals surface area contributed by atoms with E-state index in [1.807, 2.05) is 29.8 Å². The van der Waals surface area contributed by atoms with Crippen molar-refractivity contribution in [2.24, 2.45) is 0 Å². The summed E-state index contributed by atoms with van der Waals surface area (Å²) in [6.45, 7) is 34.5. The second-order valence-electron chi connectivity index (χ2n) is 32.2. The van der Waals surface area contributed by atoms with Crippen molar-refractivity contribution >= 4 is 103 Å². The van der Waals surface area contributed by atoms with E-state index in [4.69, 9.17) is 0 Å². The van der Waals surface area contributed by atoms with Gasteiger partial charge in [-0.25, -0.2) is 15.0 Å². The minimum atomic E-state index is -1.44. The Morgan fingerprint density at radius 1 is 0.357 bits per heavy atom. The fraction of sp³-hybridized carbons (Fsp3) is 0.460. The Labute approximate surface area is 727 Å². The summed E-state index contributed by atoms with van der Waals surface area (Å²) in [5.41, 5.74) is 28.6. The predicted molar refractivity (Wildman–Crippen MR) is 529 cm³/mol. The molecule has 10 aromatic rings. The molecule has 12 heteroatoms. The molecular weight excluding hydrogens is 1730 g/mol. The number of nitrogens with zero attached hydrogens (tertiary/aromatic N) is 5. The molecule has 10 rings (SSSR count). The van der Waals surface area contributed by atoms with Crippen molar-refractivity contribution in [2.45, 2.75) is 218 Å². The number of aryl methyl sites for hydroxylation is 17. The van der Waals surface area contributed by atoms with E-state index in [-0.39, 0.29) is 0 Å². The van der Waals surface area contributed by atoms with Gasteiger partial charge in [-0.05, 0) is 284 Å². The predicted octanol–water partition coefficient (Wildman–Crippen LogP) is 31.3. The number of hydrogen-bond donors (Lipinski definition) is 0. The molecule has 0 aliphatic rings. The third-order valence-corrected chi connectivity index (χ3v) is 24.8. The van der Waals surface area contributed by atoms with Crippen LogP contribution in [0.25, 0.3) is 33.4 Å². The smallest absolute Gasteiger partial charge is 0.0141 e. The third-order valence-electron chi connectivity index (χ3n) is 19.7. The standard InChI is InChI=1S/C20H26.C17H30BrP.C17H15N.C16H27BrS.C16H27N.C11H11N3.3CH3Br/c1-17-14-15-18(2)20(16-17)13-9-4-3-6-10-19-11-7-5-8-12-19;1-15-11-12-16(2)17(14-15)10-8-6-7-9-13-19(3,4,5)18;1-12-5-6-13(2)16(10-12)15-8-7-14-4-3-9-18-17(14)11-15;1-14-10-11-15(2)16(13-14)9-7-5-6-8-12-18(3,4)17;1-14-10-11-15(2)16(13-14)9-7-5-6-8-12-17(3)4;1-8-3-4-9(2)10(5-8)11-13-6-12-7-14-11;3*1-2/h5,7-8,11-12,14-16H,3-4,6,9-10,13H2,1-2H3;11-12,14H,6-10,13H2,1-5H3;3-11H,1-2H3;10-11,13H,5-9,12H2,1-4H3;10-11,13H,5-9,12H2,1-4H3;3-7H,1-2H3;3*1H3. The molecule has 2 heterocycles. The van der Waals surface area contributed by atoms with Gasteiger partial charge in [0, 0.05) is 17.1 Å². The van der Waals surface area contributed by atoms with Crippen molar-refractivity contribution in [1.82, 2.24) is 24.8 Å². The molecule has 0 saturated heterocycles. The Hall–Kier alpha value is -4.68. The van der Waals surface area contributed by atoms with Crippen LogP contribution in [0.15, 0.2) is 189 Å². The van der Waals surface area contributed by atoms with Gasteiger partial charge in [0.05, 0.1) is 5.52 Å². The quantitative estimate of drug-likeness (QED) is 0.0255. The van der Waals surface area contributed by atoms with Gasteiger partial charge in [0.25, 0.3) is 0 Å². The largest absolute Gasteiger partial charge is 0.189 e. The van der Waals surface area contributed by atoms with E-state index in [1.165, 1.54) is 266 Å². The number of benzene rings is 8. The molecule has 0 atom stereocenters. The van der Waals surface area contributed by atoms with E-state index in [2.05, 4.69) is 396 Å². The molecule has 0 aliphatic carbocycles. The molecule has 0 fully saturated rings. The molecule has 5 nitrogen and oxygen atoms in total. The third kappa shape index (κ3) is 46.9. The number of halogens is 5. The second-order valence-corrected chi connectivity index (χ2v) is 54.8. The molecule has 2 aromatic heterocycles. The van der Waals surface area contributed by atoms with E-state index in [1.54, 1.807) is 11.1 Å². The molecule has 0 radical (unpaired) electrons. The first kappa shape index (κ1) is 103. The van der Waals surface area contributed by atoms with Crippen LogP contribution in [0, 0.1) is 83.1 Å². The Morgan fingerprint density at radius 3 is 1.13 bits per heavy atom. The summed E-state index contributed by atoms with van der Waals surface area (Å²) in [5, 5.41) is -0.255.